The molecule has 1 rings (SSSR count). The van der Waals surface area contributed by atoms with Crippen LogP contribution in [-0.2, 0) is 0 Å². The predicted molar refractivity (Wildman–Crippen MR) is 27.9 cm³/mol. The van der Waals surface area contributed by atoms with E-state index >= 15 is 0 Å². The normalized spacial score (nSPS) is 15.2. The molecule has 0 aliphatic heterocycles. The second kappa shape index (κ2) is 1.74. The second-order valence-electron chi connectivity index (χ2n) is 1.48. The van der Waals surface area contributed by atoms with Crippen LogP contribution in [0.25, 0.3) is 0 Å². The average molecular weight is 109 g/mol. The Morgan fingerprint density at radius 2 is 1.88 bits per heavy atom. The van der Waals surface area contributed by atoms with Crippen molar-refractivity contribution in [3.63, 3.8) is 0 Å². The van der Waals surface area contributed by atoms with Gasteiger partial charge in [-0.1, -0.05) is 24.3 Å². The molecule has 0 radical (unpaired) electrons. The van der Waals surface area contributed by atoms with Crippen molar-refractivity contribution in [1.82, 2.24) is 0 Å². The molecule has 0 amide bonds. The van der Waals surface area contributed by atoms with Crippen LogP contribution in [0, 0.1) is 0 Å². The van der Waals surface area contributed by atoms with E-state index in [2.05, 4.69) is 0 Å². The zero-order chi connectivity index (χ0) is 5.98. The molecule has 0 aromatic rings. The Hall–Kier alpha value is -1.18. The molecule has 0 spiro atoms. The SMILES string of the molecule is [O-]C(O)=C1C=CC=C1. The molecular weight excluding hydrogens is 104 g/mol. The smallest absolute Gasteiger partial charge is 0.0557 e. The highest BCUT2D eigenvalue weighted by Crippen LogP contribution is 2.06. The van der Waals surface area contributed by atoms with E-state index in [0.717, 1.165) is 0 Å². The van der Waals surface area contributed by atoms with Crippen LogP contribution in [0.1, 0.15) is 0 Å². The van der Waals surface area contributed by atoms with Gasteiger partial charge in [-0.3, -0.25) is 0 Å². The lowest BCUT2D eigenvalue weighted by Crippen LogP contribution is -2.03. The maximum absolute atomic E-state index is 10.1. The molecule has 1 aliphatic carbocycles. The van der Waals surface area contributed by atoms with Crippen LogP contribution in [0.15, 0.2) is 35.8 Å². The van der Waals surface area contributed by atoms with E-state index < -0.39 is 5.95 Å². The Balaban J connectivity index is 2.90. The second-order valence-corrected chi connectivity index (χ2v) is 1.48. The van der Waals surface area contributed by atoms with Gasteiger partial charge in [-0.25, -0.2) is 0 Å². The minimum absolute atomic E-state index is 0.352. The van der Waals surface area contributed by atoms with Crippen molar-refractivity contribution in [3.8, 4) is 0 Å². The van der Waals surface area contributed by atoms with Crippen LogP contribution in [0.4, 0.5) is 0 Å². The van der Waals surface area contributed by atoms with Gasteiger partial charge in [0.15, 0.2) is 0 Å². The molecular formula is C6H5O2-. The fourth-order valence-electron chi connectivity index (χ4n) is 0.517. The van der Waals surface area contributed by atoms with Crippen LogP contribution in [-0.4, -0.2) is 5.11 Å². The van der Waals surface area contributed by atoms with Gasteiger partial charge >= 0.3 is 0 Å². The minimum Gasteiger partial charge on any atom is -0.629 e. The van der Waals surface area contributed by atoms with E-state index in [1.807, 2.05) is 0 Å². The number of hydrogen-bond donors (Lipinski definition) is 1. The fourth-order valence-corrected chi connectivity index (χ4v) is 0.517. The summed E-state index contributed by atoms with van der Waals surface area (Å²) in [6, 6.07) is 0. The molecule has 0 saturated carbocycles. The first kappa shape index (κ1) is 4.97. The number of rotatable bonds is 0. The lowest BCUT2D eigenvalue weighted by atomic mass is 10.3. The predicted octanol–water partition coefficient (Wildman–Crippen LogP) is 0.242. The van der Waals surface area contributed by atoms with Crippen molar-refractivity contribution in [2.24, 2.45) is 0 Å². The van der Waals surface area contributed by atoms with E-state index in [1.54, 1.807) is 24.3 Å². The number of aliphatic hydroxyl groups excluding tert-OH is 1. The third-order valence-electron chi connectivity index (χ3n) is 0.910. The first-order valence-corrected chi connectivity index (χ1v) is 2.26. The van der Waals surface area contributed by atoms with Crippen LogP contribution in [0.2, 0.25) is 0 Å². The lowest BCUT2D eigenvalue weighted by Gasteiger charge is -1.98. The molecule has 1 N–H and O–H groups in total. The van der Waals surface area contributed by atoms with Crippen molar-refractivity contribution >= 4 is 0 Å². The summed E-state index contributed by atoms with van der Waals surface area (Å²) in [6.45, 7) is 0. The molecule has 1 aliphatic rings. The fraction of sp³-hybridized carbons (Fsp3) is 0. The van der Waals surface area contributed by atoms with Crippen molar-refractivity contribution in [1.29, 1.82) is 0 Å². The van der Waals surface area contributed by atoms with E-state index in [9.17, 15) is 5.11 Å². The Morgan fingerprint density at radius 3 is 2.12 bits per heavy atom. The summed E-state index contributed by atoms with van der Waals surface area (Å²) in [4.78, 5) is 0. The molecule has 2 nitrogen and oxygen atoms in total. The molecule has 0 saturated heterocycles. The van der Waals surface area contributed by atoms with Gasteiger partial charge in [-0.2, -0.15) is 0 Å². The first-order chi connectivity index (χ1) is 3.80. The zero-order valence-corrected chi connectivity index (χ0v) is 4.16. The Kier molecular flexibility index (Phi) is 1.08. The van der Waals surface area contributed by atoms with E-state index in [1.165, 1.54) is 0 Å². The van der Waals surface area contributed by atoms with Gasteiger partial charge in [-0.15, -0.1) is 0 Å². The van der Waals surface area contributed by atoms with Gasteiger partial charge in [0.2, 0.25) is 0 Å². The molecule has 0 fully saturated rings. The monoisotopic (exact) mass is 109 g/mol. The Labute approximate surface area is 47.1 Å². The van der Waals surface area contributed by atoms with Crippen molar-refractivity contribution in [2.75, 3.05) is 0 Å². The van der Waals surface area contributed by atoms with Crippen molar-refractivity contribution in [3.05, 3.63) is 35.8 Å². The molecule has 8 heavy (non-hydrogen) atoms. The van der Waals surface area contributed by atoms with E-state index in [0.29, 0.717) is 5.57 Å². The van der Waals surface area contributed by atoms with Gasteiger partial charge in [0.05, 0.1) is 5.95 Å². The Bertz CT molecular complexity index is 157. The number of aliphatic hydroxyl groups is 1. The summed E-state index contributed by atoms with van der Waals surface area (Å²) in [5.74, 6) is -0.866. The maximum atomic E-state index is 10.1. The van der Waals surface area contributed by atoms with Gasteiger partial charge < -0.3 is 10.2 Å². The van der Waals surface area contributed by atoms with Gasteiger partial charge in [0.1, 0.15) is 0 Å². The van der Waals surface area contributed by atoms with Crippen LogP contribution in [0.5, 0.6) is 0 Å². The number of hydrogen-bond acceptors (Lipinski definition) is 2. The third-order valence-corrected chi connectivity index (χ3v) is 0.910. The van der Waals surface area contributed by atoms with Gasteiger partial charge in [0, 0.05) is 0 Å². The standard InChI is InChI=1S/C6H6O2/c7-6(8)5-3-1-2-4-5/h1-4,7-8H/p-1. The summed E-state index contributed by atoms with van der Waals surface area (Å²) < 4.78 is 0. The largest absolute Gasteiger partial charge is 0.629 e. The molecule has 0 bridgehead atoms. The summed E-state index contributed by atoms with van der Waals surface area (Å²) >= 11 is 0. The van der Waals surface area contributed by atoms with Crippen LogP contribution in [0.3, 0.4) is 0 Å². The van der Waals surface area contributed by atoms with Gasteiger partial charge in [0.25, 0.3) is 0 Å². The summed E-state index contributed by atoms with van der Waals surface area (Å²) in [6.07, 6.45) is 6.51. The van der Waals surface area contributed by atoms with Crippen LogP contribution >= 0.6 is 0 Å². The first-order valence-electron chi connectivity index (χ1n) is 2.26. The quantitative estimate of drug-likeness (QED) is 0.453. The molecule has 0 aromatic heterocycles. The summed E-state index contributed by atoms with van der Waals surface area (Å²) in [5, 5.41) is 18.3. The van der Waals surface area contributed by atoms with Crippen LogP contribution < -0.4 is 5.11 Å². The number of allylic oxidation sites excluding steroid dienone is 5. The highest BCUT2D eigenvalue weighted by atomic mass is 16.5. The molecule has 42 valence electrons. The van der Waals surface area contributed by atoms with E-state index in [-0.39, 0.29) is 0 Å². The molecule has 0 aromatic carbocycles. The highest BCUT2D eigenvalue weighted by molar-refractivity contribution is 5.39. The molecule has 0 unspecified atom stereocenters. The third kappa shape index (κ3) is 0.729. The minimum atomic E-state index is -0.866. The average Bonchev–Trinajstić information content (AvgIpc) is 2.12. The maximum Gasteiger partial charge on any atom is 0.0557 e. The molecule has 0 atom stereocenters. The van der Waals surface area contributed by atoms with E-state index in [4.69, 9.17) is 5.11 Å². The topological polar surface area (TPSA) is 43.3 Å². The highest BCUT2D eigenvalue weighted by Gasteiger charge is 1.89. The zero-order valence-electron chi connectivity index (χ0n) is 4.16. The molecule has 0 heterocycles. The van der Waals surface area contributed by atoms with Crippen molar-refractivity contribution < 1.29 is 10.2 Å². The summed E-state index contributed by atoms with van der Waals surface area (Å²) in [5.41, 5.74) is 0.352. The van der Waals surface area contributed by atoms with Gasteiger partial charge in [-0.05, 0) is 5.57 Å². The lowest BCUT2D eigenvalue weighted by molar-refractivity contribution is -0.349. The van der Waals surface area contributed by atoms with Crippen molar-refractivity contribution in [2.45, 2.75) is 0 Å². The summed E-state index contributed by atoms with van der Waals surface area (Å²) in [7, 11) is 0. The Morgan fingerprint density at radius 1 is 1.38 bits per heavy atom. The molecule has 2 heteroatoms.